The number of rotatable bonds is 5. The van der Waals surface area contributed by atoms with Crippen LogP contribution in [0.5, 0.6) is 11.5 Å². The van der Waals surface area contributed by atoms with Gasteiger partial charge in [-0.05, 0) is 55.4 Å². The number of anilines is 1. The van der Waals surface area contributed by atoms with Gasteiger partial charge in [-0.2, -0.15) is 0 Å². The number of hydrogen-bond donors (Lipinski definition) is 0. The van der Waals surface area contributed by atoms with Gasteiger partial charge in [0.05, 0.1) is 13.1 Å². The maximum Gasteiger partial charge on any atom is 0.241 e. The molecule has 1 fully saturated rings. The summed E-state index contributed by atoms with van der Waals surface area (Å²) >= 11 is 1.68. The quantitative estimate of drug-likeness (QED) is 0.784. The second kappa shape index (κ2) is 8.31. The molecule has 3 heterocycles. The Bertz CT molecular complexity index is 770. The van der Waals surface area contributed by atoms with Crippen molar-refractivity contribution in [2.45, 2.75) is 26.3 Å². The van der Waals surface area contributed by atoms with Crippen LogP contribution in [-0.4, -0.2) is 43.7 Å². The number of benzene rings is 1. The minimum Gasteiger partial charge on any atom is -0.486 e. The Balaban J connectivity index is 1.54. The van der Waals surface area contributed by atoms with Crippen molar-refractivity contribution in [1.29, 1.82) is 0 Å². The third-order valence-corrected chi connectivity index (χ3v) is 6.13. The number of fused-ring (bicyclic) bond motifs is 1. The lowest BCUT2D eigenvalue weighted by Gasteiger charge is -2.32. The number of carbonyl (C=O) groups excluding carboxylic acids is 1. The lowest BCUT2D eigenvalue weighted by atomic mass is 9.99. The third kappa shape index (κ3) is 4.45. The summed E-state index contributed by atoms with van der Waals surface area (Å²) in [5, 5.41) is 2.05. The highest BCUT2D eigenvalue weighted by molar-refractivity contribution is 7.09. The van der Waals surface area contributed by atoms with Crippen LogP contribution in [0.4, 0.5) is 5.69 Å². The fraction of sp³-hybridized carbons (Fsp3) is 0.476. The van der Waals surface area contributed by atoms with E-state index in [1.807, 2.05) is 34.5 Å². The fourth-order valence-electron chi connectivity index (χ4n) is 3.58. The minimum atomic E-state index is 0.134. The van der Waals surface area contributed by atoms with Gasteiger partial charge in [-0.1, -0.05) is 13.0 Å². The van der Waals surface area contributed by atoms with Gasteiger partial charge in [0.1, 0.15) is 13.2 Å². The monoisotopic (exact) mass is 386 g/mol. The van der Waals surface area contributed by atoms with Crippen LogP contribution in [-0.2, 0) is 11.3 Å². The molecule has 1 aromatic carbocycles. The maximum atomic E-state index is 13.2. The molecule has 5 nitrogen and oxygen atoms in total. The highest BCUT2D eigenvalue weighted by atomic mass is 32.1. The van der Waals surface area contributed by atoms with Crippen LogP contribution in [0.15, 0.2) is 35.7 Å². The molecule has 27 heavy (non-hydrogen) atoms. The van der Waals surface area contributed by atoms with Gasteiger partial charge in [0.2, 0.25) is 5.91 Å². The number of hydrogen-bond acceptors (Lipinski definition) is 5. The SMILES string of the molecule is CC1CCN(CC(=O)N(Cc2cccs2)c2ccc3c(c2)OCCO3)CC1. The molecule has 144 valence electrons. The molecular formula is C21H26N2O3S. The van der Waals surface area contributed by atoms with Gasteiger partial charge in [-0.15, -0.1) is 11.3 Å². The smallest absolute Gasteiger partial charge is 0.241 e. The number of piperidine rings is 1. The van der Waals surface area contributed by atoms with Crippen molar-refractivity contribution >= 4 is 22.9 Å². The van der Waals surface area contributed by atoms with E-state index in [2.05, 4.69) is 17.9 Å². The molecule has 1 aromatic heterocycles. The van der Waals surface area contributed by atoms with Crippen molar-refractivity contribution in [3.8, 4) is 11.5 Å². The molecule has 0 saturated carbocycles. The highest BCUT2D eigenvalue weighted by Gasteiger charge is 2.24. The lowest BCUT2D eigenvalue weighted by Crippen LogP contribution is -2.43. The van der Waals surface area contributed by atoms with Crippen LogP contribution >= 0.6 is 11.3 Å². The van der Waals surface area contributed by atoms with E-state index in [1.165, 1.54) is 17.7 Å². The molecule has 2 aromatic rings. The molecule has 0 spiro atoms. The van der Waals surface area contributed by atoms with Gasteiger partial charge >= 0.3 is 0 Å². The predicted octanol–water partition coefficient (Wildman–Crippen LogP) is 3.78. The van der Waals surface area contributed by atoms with Gasteiger partial charge in [-0.25, -0.2) is 0 Å². The molecule has 0 radical (unpaired) electrons. The first kappa shape index (κ1) is 18.3. The summed E-state index contributed by atoms with van der Waals surface area (Å²) in [6.07, 6.45) is 2.34. The number of amides is 1. The van der Waals surface area contributed by atoms with Crippen LogP contribution in [0, 0.1) is 5.92 Å². The predicted molar refractivity (Wildman–Crippen MR) is 108 cm³/mol. The Labute approximate surface area is 164 Å². The van der Waals surface area contributed by atoms with E-state index in [0.29, 0.717) is 26.3 Å². The highest BCUT2D eigenvalue weighted by Crippen LogP contribution is 2.35. The topological polar surface area (TPSA) is 42.0 Å². The van der Waals surface area contributed by atoms with Crippen molar-refractivity contribution in [1.82, 2.24) is 4.90 Å². The van der Waals surface area contributed by atoms with Gasteiger partial charge in [0.25, 0.3) is 0 Å². The summed E-state index contributed by atoms with van der Waals surface area (Å²) in [4.78, 5) is 18.5. The summed E-state index contributed by atoms with van der Waals surface area (Å²) in [6, 6.07) is 9.89. The zero-order chi connectivity index (χ0) is 18.6. The molecule has 2 aliphatic heterocycles. The summed E-state index contributed by atoms with van der Waals surface area (Å²) in [5.74, 6) is 2.36. The average molecular weight is 387 g/mol. The van der Waals surface area contributed by atoms with E-state index in [0.717, 1.165) is 36.2 Å². The Morgan fingerprint density at radius 1 is 1.19 bits per heavy atom. The second-order valence-electron chi connectivity index (χ2n) is 7.35. The van der Waals surface area contributed by atoms with E-state index >= 15 is 0 Å². The first-order chi connectivity index (χ1) is 13.2. The molecule has 0 aliphatic carbocycles. The Kier molecular flexibility index (Phi) is 5.64. The van der Waals surface area contributed by atoms with Gasteiger partial charge in [0.15, 0.2) is 11.5 Å². The molecule has 0 unspecified atom stereocenters. The molecule has 0 atom stereocenters. The Morgan fingerprint density at radius 3 is 2.70 bits per heavy atom. The molecule has 1 amide bonds. The largest absolute Gasteiger partial charge is 0.486 e. The van der Waals surface area contributed by atoms with Crippen molar-refractivity contribution in [2.24, 2.45) is 5.92 Å². The second-order valence-corrected chi connectivity index (χ2v) is 8.38. The zero-order valence-electron chi connectivity index (χ0n) is 15.7. The van der Waals surface area contributed by atoms with Crippen molar-refractivity contribution in [3.63, 3.8) is 0 Å². The summed E-state index contributed by atoms with van der Waals surface area (Å²) in [5.41, 5.74) is 0.864. The number of nitrogens with zero attached hydrogens (tertiary/aromatic N) is 2. The molecule has 0 bridgehead atoms. The third-order valence-electron chi connectivity index (χ3n) is 5.27. The van der Waals surface area contributed by atoms with Gasteiger partial charge < -0.3 is 14.4 Å². The maximum absolute atomic E-state index is 13.2. The molecule has 4 rings (SSSR count). The first-order valence-electron chi connectivity index (χ1n) is 9.64. The van der Waals surface area contributed by atoms with Crippen molar-refractivity contribution in [3.05, 3.63) is 40.6 Å². The summed E-state index contributed by atoms with van der Waals surface area (Å²) < 4.78 is 11.3. The van der Waals surface area contributed by atoms with E-state index < -0.39 is 0 Å². The molecule has 0 N–H and O–H groups in total. The zero-order valence-corrected chi connectivity index (χ0v) is 16.5. The van der Waals surface area contributed by atoms with Crippen molar-refractivity contribution in [2.75, 3.05) is 37.7 Å². The number of thiophene rings is 1. The lowest BCUT2D eigenvalue weighted by molar-refractivity contribution is -0.120. The van der Waals surface area contributed by atoms with E-state index in [1.54, 1.807) is 11.3 Å². The molecule has 1 saturated heterocycles. The minimum absolute atomic E-state index is 0.134. The molecular weight excluding hydrogens is 360 g/mol. The normalized spacial score (nSPS) is 17.7. The van der Waals surface area contributed by atoms with E-state index in [-0.39, 0.29) is 5.91 Å². The van der Waals surface area contributed by atoms with E-state index in [4.69, 9.17) is 9.47 Å². The number of carbonyl (C=O) groups is 1. The average Bonchev–Trinajstić information content (AvgIpc) is 3.21. The summed E-state index contributed by atoms with van der Waals surface area (Å²) in [7, 11) is 0. The summed E-state index contributed by atoms with van der Waals surface area (Å²) in [6.45, 7) is 6.45. The van der Waals surface area contributed by atoms with Crippen LogP contribution < -0.4 is 14.4 Å². The van der Waals surface area contributed by atoms with Crippen LogP contribution in [0.3, 0.4) is 0 Å². The fourth-order valence-corrected chi connectivity index (χ4v) is 4.27. The first-order valence-corrected chi connectivity index (χ1v) is 10.5. The Morgan fingerprint density at radius 2 is 1.96 bits per heavy atom. The van der Waals surface area contributed by atoms with E-state index in [9.17, 15) is 4.79 Å². The van der Waals surface area contributed by atoms with Crippen LogP contribution in [0.25, 0.3) is 0 Å². The standard InChI is InChI=1S/C21H26N2O3S/c1-16-6-8-22(9-7-16)15-21(24)23(14-18-3-2-12-27-18)17-4-5-19-20(13-17)26-11-10-25-19/h2-5,12-13,16H,6-11,14-15H2,1H3. The number of ether oxygens (including phenoxy) is 2. The molecule has 6 heteroatoms. The van der Waals surface area contributed by atoms with Crippen LogP contribution in [0.1, 0.15) is 24.6 Å². The van der Waals surface area contributed by atoms with Crippen LogP contribution in [0.2, 0.25) is 0 Å². The van der Waals surface area contributed by atoms with Gasteiger partial charge in [0, 0.05) is 16.6 Å². The number of likely N-dealkylation sites (tertiary alicyclic amines) is 1. The van der Waals surface area contributed by atoms with Gasteiger partial charge in [-0.3, -0.25) is 9.69 Å². The van der Waals surface area contributed by atoms with Crippen molar-refractivity contribution < 1.29 is 14.3 Å². The molecule has 2 aliphatic rings. The Hall–Kier alpha value is -2.05.